The average molecular weight is 155 g/mol. The Morgan fingerprint density at radius 2 is 2.64 bits per heavy atom. The lowest BCUT2D eigenvalue weighted by Gasteiger charge is -2.06. The molecule has 0 aromatic rings. The van der Waals surface area contributed by atoms with E-state index in [0.717, 1.165) is 19.6 Å². The fraction of sp³-hybridized carbons (Fsp3) is 0.625. The molecule has 0 aliphatic carbocycles. The van der Waals surface area contributed by atoms with Gasteiger partial charge in [0.25, 0.3) is 0 Å². The van der Waals surface area contributed by atoms with Crippen molar-refractivity contribution in [1.82, 2.24) is 5.32 Å². The summed E-state index contributed by atoms with van der Waals surface area (Å²) in [5.41, 5.74) is 0. The molecule has 1 aliphatic rings. The molecule has 0 aromatic carbocycles. The number of nitrogens with one attached hydrogen (secondary N) is 1. The van der Waals surface area contributed by atoms with Gasteiger partial charge in [0.15, 0.2) is 0 Å². The zero-order valence-electron chi connectivity index (χ0n) is 6.51. The van der Waals surface area contributed by atoms with Gasteiger partial charge in [-0.3, -0.25) is 4.79 Å². The molecule has 0 radical (unpaired) electrons. The molecule has 0 spiro atoms. The molecule has 1 heterocycles. The Balaban J connectivity index is 2.10. The molecule has 3 heteroatoms. The van der Waals surface area contributed by atoms with Crippen molar-refractivity contribution in [3.05, 3.63) is 12.7 Å². The summed E-state index contributed by atoms with van der Waals surface area (Å²) in [6, 6.07) is 0. The topological polar surface area (TPSA) is 38.3 Å². The Bertz CT molecular complexity index is 150. The molecule has 1 aliphatic heterocycles. The van der Waals surface area contributed by atoms with Gasteiger partial charge in [0, 0.05) is 19.1 Å². The van der Waals surface area contributed by atoms with E-state index in [-0.39, 0.29) is 5.91 Å². The van der Waals surface area contributed by atoms with Crippen LogP contribution in [0.4, 0.5) is 0 Å². The van der Waals surface area contributed by atoms with E-state index in [1.165, 1.54) is 6.08 Å². The van der Waals surface area contributed by atoms with Crippen molar-refractivity contribution in [3.8, 4) is 0 Å². The second-order valence-corrected chi connectivity index (χ2v) is 2.68. The highest BCUT2D eigenvalue weighted by Gasteiger charge is 2.15. The van der Waals surface area contributed by atoms with Crippen LogP contribution in [-0.4, -0.2) is 25.7 Å². The van der Waals surface area contributed by atoms with Crippen LogP contribution in [0.2, 0.25) is 0 Å². The maximum Gasteiger partial charge on any atom is 0.243 e. The third kappa shape index (κ3) is 2.72. The first kappa shape index (κ1) is 8.27. The average Bonchev–Trinajstić information content (AvgIpc) is 2.52. The molecule has 1 rings (SSSR count). The molecule has 1 N–H and O–H groups in total. The van der Waals surface area contributed by atoms with Crippen molar-refractivity contribution in [3.63, 3.8) is 0 Å². The molecular weight excluding hydrogens is 142 g/mol. The van der Waals surface area contributed by atoms with Crippen LogP contribution in [0.5, 0.6) is 0 Å². The number of rotatable bonds is 3. The lowest BCUT2D eigenvalue weighted by Crippen LogP contribution is -2.27. The first-order chi connectivity index (χ1) is 5.33. The first-order valence-corrected chi connectivity index (χ1v) is 3.81. The second kappa shape index (κ2) is 4.13. The smallest absolute Gasteiger partial charge is 0.243 e. The fourth-order valence-electron chi connectivity index (χ4n) is 1.06. The van der Waals surface area contributed by atoms with E-state index in [9.17, 15) is 4.79 Å². The zero-order valence-corrected chi connectivity index (χ0v) is 6.51. The Labute approximate surface area is 66.4 Å². The van der Waals surface area contributed by atoms with Crippen molar-refractivity contribution in [2.24, 2.45) is 5.92 Å². The van der Waals surface area contributed by atoms with E-state index >= 15 is 0 Å². The molecule has 1 fully saturated rings. The molecule has 0 aromatic heterocycles. The van der Waals surface area contributed by atoms with Crippen molar-refractivity contribution in [2.45, 2.75) is 6.42 Å². The summed E-state index contributed by atoms with van der Waals surface area (Å²) in [6.45, 7) is 5.68. The molecule has 1 atom stereocenters. The van der Waals surface area contributed by atoms with Crippen molar-refractivity contribution in [1.29, 1.82) is 0 Å². The van der Waals surface area contributed by atoms with Gasteiger partial charge in [0.05, 0.1) is 6.61 Å². The molecule has 0 unspecified atom stereocenters. The minimum absolute atomic E-state index is 0.100. The zero-order chi connectivity index (χ0) is 8.10. The van der Waals surface area contributed by atoms with Crippen LogP contribution in [0, 0.1) is 5.92 Å². The van der Waals surface area contributed by atoms with E-state index in [1.54, 1.807) is 0 Å². The summed E-state index contributed by atoms with van der Waals surface area (Å²) >= 11 is 0. The molecule has 1 saturated heterocycles. The maximum absolute atomic E-state index is 10.7. The van der Waals surface area contributed by atoms with E-state index in [0.29, 0.717) is 12.5 Å². The molecule has 0 saturated carbocycles. The first-order valence-electron chi connectivity index (χ1n) is 3.81. The Kier molecular flexibility index (Phi) is 3.11. The van der Waals surface area contributed by atoms with Gasteiger partial charge in [0.1, 0.15) is 0 Å². The van der Waals surface area contributed by atoms with Gasteiger partial charge in [-0.05, 0) is 12.5 Å². The maximum atomic E-state index is 10.7. The fourth-order valence-corrected chi connectivity index (χ4v) is 1.06. The standard InChI is InChI=1S/C8H13NO2/c1-2-8(10)9-5-7-3-4-11-6-7/h2,7H,1,3-6H2,(H,9,10)/t7-/m0/s1. The van der Waals surface area contributed by atoms with E-state index < -0.39 is 0 Å². The van der Waals surface area contributed by atoms with Crippen molar-refractivity contribution >= 4 is 5.91 Å². The van der Waals surface area contributed by atoms with Crippen LogP contribution in [-0.2, 0) is 9.53 Å². The van der Waals surface area contributed by atoms with Crippen LogP contribution >= 0.6 is 0 Å². The summed E-state index contributed by atoms with van der Waals surface area (Å²) in [4.78, 5) is 10.7. The summed E-state index contributed by atoms with van der Waals surface area (Å²) in [5, 5.41) is 2.74. The van der Waals surface area contributed by atoms with Crippen LogP contribution in [0.15, 0.2) is 12.7 Å². The number of carbonyl (C=O) groups excluding carboxylic acids is 1. The molecule has 11 heavy (non-hydrogen) atoms. The predicted octanol–water partition coefficient (Wildman–Crippen LogP) is 0.325. The van der Waals surface area contributed by atoms with Crippen LogP contribution in [0.25, 0.3) is 0 Å². The molecule has 1 amide bonds. The summed E-state index contributed by atoms with van der Waals surface area (Å²) < 4.78 is 5.15. The third-order valence-corrected chi connectivity index (χ3v) is 1.77. The van der Waals surface area contributed by atoms with Crippen LogP contribution in [0.1, 0.15) is 6.42 Å². The SMILES string of the molecule is C=CC(=O)NC[C@@H]1CCOC1. The van der Waals surface area contributed by atoms with Gasteiger partial charge in [-0.25, -0.2) is 0 Å². The lowest BCUT2D eigenvalue weighted by atomic mass is 10.1. The Morgan fingerprint density at radius 3 is 3.18 bits per heavy atom. The van der Waals surface area contributed by atoms with Gasteiger partial charge in [-0.1, -0.05) is 6.58 Å². The number of ether oxygens (including phenoxy) is 1. The largest absolute Gasteiger partial charge is 0.381 e. The van der Waals surface area contributed by atoms with Gasteiger partial charge in [0.2, 0.25) is 5.91 Å². The molecular formula is C8H13NO2. The molecule has 0 bridgehead atoms. The van der Waals surface area contributed by atoms with E-state index in [1.807, 2.05) is 0 Å². The minimum Gasteiger partial charge on any atom is -0.381 e. The lowest BCUT2D eigenvalue weighted by molar-refractivity contribution is -0.116. The second-order valence-electron chi connectivity index (χ2n) is 2.68. The predicted molar refractivity (Wildman–Crippen MR) is 42.1 cm³/mol. The van der Waals surface area contributed by atoms with Gasteiger partial charge in [-0.2, -0.15) is 0 Å². The van der Waals surface area contributed by atoms with Gasteiger partial charge in [-0.15, -0.1) is 0 Å². The van der Waals surface area contributed by atoms with Gasteiger partial charge >= 0.3 is 0 Å². The molecule has 3 nitrogen and oxygen atoms in total. The van der Waals surface area contributed by atoms with Crippen molar-refractivity contribution in [2.75, 3.05) is 19.8 Å². The number of hydrogen-bond donors (Lipinski definition) is 1. The van der Waals surface area contributed by atoms with Crippen LogP contribution in [0.3, 0.4) is 0 Å². The highest BCUT2D eigenvalue weighted by Crippen LogP contribution is 2.10. The summed E-state index contributed by atoms with van der Waals surface area (Å²) in [7, 11) is 0. The highest BCUT2D eigenvalue weighted by atomic mass is 16.5. The third-order valence-electron chi connectivity index (χ3n) is 1.77. The number of amides is 1. The summed E-state index contributed by atoms with van der Waals surface area (Å²) in [6.07, 6.45) is 2.34. The quantitative estimate of drug-likeness (QED) is 0.596. The van der Waals surface area contributed by atoms with E-state index in [2.05, 4.69) is 11.9 Å². The number of carbonyl (C=O) groups is 1. The number of hydrogen-bond acceptors (Lipinski definition) is 2. The van der Waals surface area contributed by atoms with Crippen LogP contribution < -0.4 is 5.32 Å². The molecule has 62 valence electrons. The summed E-state index contributed by atoms with van der Waals surface area (Å²) in [5.74, 6) is 0.399. The van der Waals surface area contributed by atoms with Crippen molar-refractivity contribution < 1.29 is 9.53 Å². The monoisotopic (exact) mass is 155 g/mol. The Hall–Kier alpha value is -0.830. The van der Waals surface area contributed by atoms with E-state index in [4.69, 9.17) is 4.74 Å². The highest BCUT2D eigenvalue weighted by molar-refractivity contribution is 5.86. The normalized spacial score (nSPS) is 23.1. The Morgan fingerprint density at radius 1 is 1.82 bits per heavy atom. The minimum atomic E-state index is -0.100. The van der Waals surface area contributed by atoms with Gasteiger partial charge < -0.3 is 10.1 Å².